The fourth-order valence-corrected chi connectivity index (χ4v) is 3.53. The minimum Gasteiger partial charge on any atom is -0.333 e. The quantitative estimate of drug-likeness (QED) is 0.800. The topological polar surface area (TPSA) is 46.1 Å². The normalized spacial score (nSPS) is 23.6. The fraction of sp³-hybridized carbons (Fsp3) is 0.750. The van der Waals surface area contributed by atoms with Crippen molar-refractivity contribution in [3.63, 3.8) is 0 Å². The van der Waals surface area contributed by atoms with Crippen LogP contribution in [-0.2, 0) is 6.42 Å². The van der Waals surface area contributed by atoms with Crippen molar-refractivity contribution in [1.29, 1.82) is 0 Å². The van der Waals surface area contributed by atoms with Gasteiger partial charge in [0.2, 0.25) is 0 Å². The molecule has 1 saturated heterocycles. The average Bonchev–Trinajstić information content (AvgIpc) is 2.95. The van der Waals surface area contributed by atoms with Gasteiger partial charge in [0.15, 0.2) is 0 Å². The number of amides is 1. The smallest absolute Gasteiger partial charge is 0.267 e. The number of nitrogens with zero attached hydrogens (tertiary/aromatic N) is 3. The van der Waals surface area contributed by atoms with Crippen LogP contribution in [0.15, 0.2) is 0 Å². The lowest BCUT2D eigenvalue weighted by atomic mass is 10.0. The Bertz CT molecular complexity index is 423. The molecule has 2 heterocycles. The zero-order chi connectivity index (χ0) is 13.1. The summed E-state index contributed by atoms with van der Waals surface area (Å²) in [6, 6.07) is 0.149. The Kier molecular flexibility index (Phi) is 4.56. The Morgan fingerprint density at radius 3 is 3.06 bits per heavy atom. The maximum absolute atomic E-state index is 12.5. The van der Waals surface area contributed by atoms with Crippen LogP contribution in [0.4, 0.5) is 0 Å². The SMILES string of the molecule is CCCc1nnsc1C(=O)N1CCC(C)C1CCl. The van der Waals surface area contributed by atoms with Gasteiger partial charge < -0.3 is 4.90 Å². The van der Waals surface area contributed by atoms with Crippen LogP contribution in [0, 0.1) is 5.92 Å². The number of likely N-dealkylation sites (tertiary alicyclic amines) is 1. The Labute approximate surface area is 116 Å². The molecular formula is C12H18ClN3OS. The summed E-state index contributed by atoms with van der Waals surface area (Å²) in [4.78, 5) is 15.1. The second kappa shape index (κ2) is 5.97. The lowest BCUT2D eigenvalue weighted by Gasteiger charge is -2.24. The van der Waals surface area contributed by atoms with Crippen LogP contribution in [0.25, 0.3) is 0 Å². The molecule has 1 aromatic rings. The van der Waals surface area contributed by atoms with Crippen LogP contribution in [0.5, 0.6) is 0 Å². The first kappa shape index (κ1) is 13.7. The molecule has 2 rings (SSSR count). The first-order valence-electron chi connectivity index (χ1n) is 6.37. The van der Waals surface area contributed by atoms with Gasteiger partial charge in [-0.15, -0.1) is 16.7 Å². The van der Waals surface area contributed by atoms with Gasteiger partial charge in [-0.05, 0) is 30.3 Å². The van der Waals surface area contributed by atoms with E-state index in [0.717, 1.165) is 31.5 Å². The third-order valence-corrected chi connectivity index (χ3v) is 4.61. The largest absolute Gasteiger partial charge is 0.333 e. The number of rotatable bonds is 4. The second-order valence-electron chi connectivity index (χ2n) is 4.78. The molecule has 2 unspecified atom stereocenters. The molecule has 1 aromatic heterocycles. The van der Waals surface area contributed by atoms with Crippen molar-refractivity contribution in [2.45, 2.75) is 39.2 Å². The van der Waals surface area contributed by atoms with E-state index in [-0.39, 0.29) is 11.9 Å². The minimum absolute atomic E-state index is 0.0588. The van der Waals surface area contributed by atoms with Gasteiger partial charge >= 0.3 is 0 Å². The van der Waals surface area contributed by atoms with Gasteiger partial charge in [0.05, 0.1) is 5.69 Å². The molecule has 1 fully saturated rings. The zero-order valence-electron chi connectivity index (χ0n) is 10.7. The summed E-state index contributed by atoms with van der Waals surface area (Å²) >= 11 is 7.18. The van der Waals surface area contributed by atoms with Crippen LogP contribution >= 0.6 is 23.1 Å². The molecule has 0 radical (unpaired) electrons. The molecule has 18 heavy (non-hydrogen) atoms. The molecule has 1 aliphatic rings. The molecule has 0 aromatic carbocycles. The predicted molar refractivity (Wildman–Crippen MR) is 73.2 cm³/mol. The summed E-state index contributed by atoms with van der Waals surface area (Å²) in [7, 11) is 0. The number of aromatic nitrogens is 2. The number of aryl methyl sites for hydroxylation is 1. The lowest BCUT2D eigenvalue weighted by molar-refractivity contribution is 0.0740. The molecular weight excluding hydrogens is 270 g/mol. The van der Waals surface area contributed by atoms with E-state index in [4.69, 9.17) is 11.6 Å². The van der Waals surface area contributed by atoms with Crippen LogP contribution in [-0.4, -0.2) is 38.9 Å². The number of halogens is 1. The molecule has 0 N–H and O–H groups in total. The van der Waals surface area contributed by atoms with E-state index in [0.29, 0.717) is 16.7 Å². The zero-order valence-corrected chi connectivity index (χ0v) is 12.3. The van der Waals surface area contributed by atoms with Crippen molar-refractivity contribution >= 4 is 29.0 Å². The Balaban J connectivity index is 2.18. The predicted octanol–water partition coefficient (Wildman–Crippen LogP) is 2.58. The summed E-state index contributed by atoms with van der Waals surface area (Å²) in [6.07, 6.45) is 2.81. The highest BCUT2D eigenvalue weighted by atomic mass is 35.5. The van der Waals surface area contributed by atoms with E-state index in [9.17, 15) is 4.79 Å². The molecule has 2 atom stereocenters. The number of carbonyl (C=O) groups is 1. The monoisotopic (exact) mass is 287 g/mol. The van der Waals surface area contributed by atoms with Crippen molar-refractivity contribution in [1.82, 2.24) is 14.5 Å². The van der Waals surface area contributed by atoms with Crippen molar-refractivity contribution in [2.75, 3.05) is 12.4 Å². The van der Waals surface area contributed by atoms with Crippen LogP contribution < -0.4 is 0 Å². The highest BCUT2D eigenvalue weighted by Gasteiger charge is 2.35. The van der Waals surface area contributed by atoms with E-state index >= 15 is 0 Å². The molecule has 0 aliphatic carbocycles. The van der Waals surface area contributed by atoms with Crippen LogP contribution in [0.2, 0.25) is 0 Å². The van der Waals surface area contributed by atoms with Gasteiger partial charge in [0.25, 0.3) is 5.91 Å². The molecule has 0 bridgehead atoms. The molecule has 1 amide bonds. The van der Waals surface area contributed by atoms with Gasteiger partial charge in [-0.2, -0.15) is 0 Å². The van der Waals surface area contributed by atoms with Crippen molar-refractivity contribution in [3.8, 4) is 0 Å². The van der Waals surface area contributed by atoms with E-state index in [1.54, 1.807) is 0 Å². The van der Waals surface area contributed by atoms with E-state index in [1.807, 2.05) is 4.90 Å². The lowest BCUT2D eigenvalue weighted by Crippen LogP contribution is -2.38. The summed E-state index contributed by atoms with van der Waals surface area (Å²) in [5, 5.41) is 4.06. The Hall–Kier alpha value is -0.680. The third kappa shape index (κ3) is 2.52. The van der Waals surface area contributed by atoms with Crippen molar-refractivity contribution in [2.24, 2.45) is 5.92 Å². The van der Waals surface area contributed by atoms with Crippen LogP contribution in [0.3, 0.4) is 0 Å². The Morgan fingerprint density at radius 2 is 2.39 bits per heavy atom. The highest BCUT2D eigenvalue weighted by molar-refractivity contribution is 7.08. The summed E-state index contributed by atoms with van der Waals surface area (Å²) < 4.78 is 3.91. The van der Waals surface area contributed by atoms with Gasteiger partial charge in [-0.3, -0.25) is 4.79 Å². The van der Waals surface area contributed by atoms with Gasteiger partial charge in [-0.1, -0.05) is 24.8 Å². The second-order valence-corrected chi connectivity index (χ2v) is 5.85. The standard InChI is InChI=1S/C12H18ClN3OS/c1-3-4-9-11(18-15-14-9)12(17)16-6-5-8(2)10(16)7-13/h8,10H,3-7H2,1-2H3. The number of hydrogen-bond acceptors (Lipinski definition) is 4. The summed E-state index contributed by atoms with van der Waals surface area (Å²) in [5.41, 5.74) is 0.834. The fourth-order valence-electron chi connectivity index (χ4n) is 2.40. The maximum Gasteiger partial charge on any atom is 0.267 e. The molecule has 0 spiro atoms. The first-order valence-corrected chi connectivity index (χ1v) is 7.68. The van der Waals surface area contributed by atoms with Gasteiger partial charge in [-0.25, -0.2) is 0 Å². The van der Waals surface area contributed by atoms with Crippen molar-refractivity contribution in [3.05, 3.63) is 10.6 Å². The molecule has 6 heteroatoms. The number of alkyl halides is 1. The number of carbonyl (C=O) groups excluding carboxylic acids is 1. The molecule has 4 nitrogen and oxygen atoms in total. The van der Waals surface area contributed by atoms with Crippen molar-refractivity contribution < 1.29 is 4.79 Å². The highest BCUT2D eigenvalue weighted by Crippen LogP contribution is 2.28. The number of hydrogen-bond donors (Lipinski definition) is 0. The molecule has 1 aliphatic heterocycles. The third-order valence-electron chi connectivity index (χ3n) is 3.54. The average molecular weight is 288 g/mol. The van der Waals surface area contributed by atoms with E-state index in [1.165, 1.54) is 11.5 Å². The summed E-state index contributed by atoms with van der Waals surface area (Å²) in [5.74, 6) is 1.04. The minimum atomic E-state index is 0.0588. The van der Waals surface area contributed by atoms with Gasteiger partial charge in [0.1, 0.15) is 4.88 Å². The van der Waals surface area contributed by atoms with Gasteiger partial charge in [0, 0.05) is 18.5 Å². The summed E-state index contributed by atoms with van der Waals surface area (Å²) in [6.45, 7) is 5.02. The Morgan fingerprint density at radius 1 is 1.61 bits per heavy atom. The van der Waals surface area contributed by atoms with E-state index < -0.39 is 0 Å². The molecule has 100 valence electrons. The van der Waals surface area contributed by atoms with E-state index in [2.05, 4.69) is 23.4 Å². The first-order chi connectivity index (χ1) is 8.69. The molecule has 0 saturated carbocycles. The maximum atomic E-state index is 12.5. The van der Waals surface area contributed by atoms with Crippen LogP contribution in [0.1, 0.15) is 42.1 Å².